The number of benzene rings is 1. The van der Waals surface area contributed by atoms with Gasteiger partial charge in [0.15, 0.2) is 0 Å². The van der Waals surface area contributed by atoms with Gasteiger partial charge in [0.05, 0.1) is 6.54 Å². The predicted molar refractivity (Wildman–Crippen MR) is 88.9 cm³/mol. The molecule has 1 amide bonds. The quantitative estimate of drug-likeness (QED) is 0.878. The third kappa shape index (κ3) is 4.09. The van der Waals surface area contributed by atoms with E-state index < -0.39 is 16.4 Å². The number of aryl methyl sites for hydroxylation is 2. The van der Waals surface area contributed by atoms with Gasteiger partial charge >= 0.3 is 0 Å². The first kappa shape index (κ1) is 17.4. The number of amides is 1. The summed E-state index contributed by atoms with van der Waals surface area (Å²) in [5, 5.41) is 13.3. The Balaban J connectivity index is 2.06. The second kappa shape index (κ2) is 6.68. The van der Waals surface area contributed by atoms with Crippen molar-refractivity contribution in [3.63, 3.8) is 0 Å². The summed E-state index contributed by atoms with van der Waals surface area (Å²) in [5.41, 5.74) is -0.107. The van der Waals surface area contributed by atoms with E-state index in [-0.39, 0.29) is 12.5 Å². The zero-order valence-electron chi connectivity index (χ0n) is 13.7. The van der Waals surface area contributed by atoms with Crippen LogP contribution in [0.25, 0.3) is 0 Å². The molecule has 1 heterocycles. The van der Waals surface area contributed by atoms with Crippen LogP contribution in [0.15, 0.2) is 39.6 Å². The molecule has 2 aromatic rings. The summed E-state index contributed by atoms with van der Waals surface area (Å²) in [7, 11) is -1.08. The highest BCUT2D eigenvalue weighted by Gasteiger charge is 2.28. The minimum Gasteiger partial charge on any atom is -0.466 e. The maximum absolute atomic E-state index is 12.2. The van der Waals surface area contributed by atoms with Crippen molar-refractivity contribution in [3.8, 4) is 0 Å². The number of furan rings is 1. The van der Waals surface area contributed by atoms with Crippen LogP contribution in [0.2, 0.25) is 0 Å². The van der Waals surface area contributed by atoms with Crippen LogP contribution in [-0.2, 0) is 16.4 Å². The second-order valence-corrected chi connectivity index (χ2v) is 7.14. The third-order valence-corrected chi connectivity index (χ3v) is 4.60. The molecule has 0 bridgehead atoms. The second-order valence-electron chi connectivity index (χ2n) is 5.76. The molecule has 0 aliphatic heterocycles. The maximum atomic E-state index is 12.2. The summed E-state index contributed by atoms with van der Waals surface area (Å²) in [6, 6.07) is 8.33. The Labute approximate surface area is 138 Å². The van der Waals surface area contributed by atoms with E-state index in [1.165, 1.54) is 0 Å². The zero-order chi connectivity index (χ0) is 17.2. The molecular weight excluding hydrogens is 314 g/mol. The van der Waals surface area contributed by atoms with E-state index in [0.29, 0.717) is 27.5 Å². The van der Waals surface area contributed by atoms with Crippen LogP contribution in [0.5, 0.6) is 0 Å². The fourth-order valence-corrected chi connectivity index (χ4v) is 2.93. The first-order valence-corrected chi connectivity index (χ1v) is 8.78. The summed E-state index contributed by atoms with van der Waals surface area (Å²) in [4.78, 5) is 12.8. The first-order valence-electron chi connectivity index (χ1n) is 7.22. The number of rotatable bonds is 5. The van der Waals surface area contributed by atoms with Gasteiger partial charge in [-0.3, -0.25) is 9.00 Å². The van der Waals surface area contributed by atoms with Gasteiger partial charge in [-0.1, -0.05) is 0 Å². The van der Waals surface area contributed by atoms with Crippen LogP contribution in [0.3, 0.4) is 0 Å². The standard InChI is InChI=1S/C17H21NO4S/c1-11-9-15(12(2)22-11)17(3,20)10-18-16(19)13-5-7-14(8-6-13)23(4)21/h5-9,20H,10H2,1-4H3,(H,18,19). The van der Waals surface area contributed by atoms with Gasteiger partial charge in [0.1, 0.15) is 17.1 Å². The summed E-state index contributed by atoms with van der Waals surface area (Å²) in [5.74, 6) is 1.06. The van der Waals surface area contributed by atoms with Gasteiger partial charge < -0.3 is 14.8 Å². The maximum Gasteiger partial charge on any atom is 0.251 e. The molecule has 0 saturated heterocycles. The van der Waals surface area contributed by atoms with Crippen LogP contribution in [0.1, 0.15) is 34.4 Å². The van der Waals surface area contributed by atoms with E-state index in [4.69, 9.17) is 4.42 Å². The molecule has 2 rings (SSSR count). The third-order valence-electron chi connectivity index (χ3n) is 3.66. The van der Waals surface area contributed by atoms with E-state index in [9.17, 15) is 14.1 Å². The molecule has 0 saturated carbocycles. The van der Waals surface area contributed by atoms with Crippen molar-refractivity contribution in [2.45, 2.75) is 31.3 Å². The SMILES string of the molecule is Cc1cc(C(C)(O)CNC(=O)c2ccc(S(C)=O)cc2)c(C)o1. The Hall–Kier alpha value is -1.92. The van der Waals surface area contributed by atoms with Crippen LogP contribution in [-0.4, -0.2) is 28.0 Å². The zero-order valence-corrected chi connectivity index (χ0v) is 14.5. The van der Waals surface area contributed by atoms with Gasteiger partial charge in [-0.25, -0.2) is 0 Å². The lowest BCUT2D eigenvalue weighted by Gasteiger charge is -2.23. The van der Waals surface area contributed by atoms with Crippen molar-refractivity contribution >= 4 is 16.7 Å². The molecule has 1 aromatic carbocycles. The van der Waals surface area contributed by atoms with Crippen molar-refractivity contribution in [2.24, 2.45) is 0 Å². The molecule has 0 radical (unpaired) electrons. The molecule has 23 heavy (non-hydrogen) atoms. The van der Waals surface area contributed by atoms with Crippen LogP contribution in [0.4, 0.5) is 0 Å². The molecule has 0 aliphatic carbocycles. The Morgan fingerprint density at radius 2 is 1.91 bits per heavy atom. The molecule has 0 aliphatic rings. The molecule has 2 unspecified atom stereocenters. The molecule has 1 aromatic heterocycles. The van der Waals surface area contributed by atoms with E-state index in [1.807, 2.05) is 6.92 Å². The smallest absolute Gasteiger partial charge is 0.251 e. The van der Waals surface area contributed by atoms with Gasteiger partial charge in [-0.15, -0.1) is 0 Å². The van der Waals surface area contributed by atoms with Gasteiger partial charge in [-0.05, 0) is 51.1 Å². The van der Waals surface area contributed by atoms with Crippen molar-refractivity contribution in [1.29, 1.82) is 0 Å². The van der Waals surface area contributed by atoms with E-state index >= 15 is 0 Å². The molecule has 2 N–H and O–H groups in total. The Bertz CT molecular complexity index is 732. The highest BCUT2D eigenvalue weighted by molar-refractivity contribution is 7.84. The lowest BCUT2D eigenvalue weighted by atomic mass is 9.96. The highest BCUT2D eigenvalue weighted by atomic mass is 32.2. The average molecular weight is 335 g/mol. The monoisotopic (exact) mass is 335 g/mol. The number of hydrogen-bond acceptors (Lipinski definition) is 4. The van der Waals surface area contributed by atoms with Crippen LogP contribution in [0, 0.1) is 13.8 Å². The Morgan fingerprint density at radius 3 is 2.39 bits per heavy atom. The van der Waals surface area contributed by atoms with Crippen LogP contribution < -0.4 is 5.32 Å². The lowest BCUT2D eigenvalue weighted by molar-refractivity contribution is 0.0514. The van der Waals surface area contributed by atoms with Crippen molar-refractivity contribution < 1.29 is 18.5 Å². The largest absolute Gasteiger partial charge is 0.466 e. The molecule has 124 valence electrons. The molecule has 5 nitrogen and oxygen atoms in total. The summed E-state index contributed by atoms with van der Waals surface area (Å²) < 4.78 is 16.8. The van der Waals surface area contributed by atoms with E-state index in [0.717, 1.165) is 0 Å². The van der Waals surface area contributed by atoms with Crippen molar-refractivity contribution in [2.75, 3.05) is 12.8 Å². The summed E-state index contributed by atoms with van der Waals surface area (Å²) in [6.45, 7) is 5.29. The van der Waals surface area contributed by atoms with Gasteiger partial charge in [0.25, 0.3) is 5.91 Å². The predicted octanol–water partition coefficient (Wildman–Crippen LogP) is 2.27. The number of nitrogens with one attached hydrogen (secondary N) is 1. The Kier molecular flexibility index (Phi) is 5.06. The van der Waals surface area contributed by atoms with E-state index in [1.54, 1.807) is 50.4 Å². The summed E-state index contributed by atoms with van der Waals surface area (Å²) >= 11 is 0. The van der Waals surface area contributed by atoms with Gasteiger partial charge in [0, 0.05) is 33.1 Å². The Morgan fingerprint density at radius 1 is 1.30 bits per heavy atom. The minimum atomic E-state index is -1.22. The topological polar surface area (TPSA) is 79.5 Å². The fourth-order valence-electron chi connectivity index (χ4n) is 2.41. The average Bonchev–Trinajstić information content (AvgIpc) is 2.84. The van der Waals surface area contributed by atoms with Gasteiger partial charge in [0.2, 0.25) is 0 Å². The van der Waals surface area contributed by atoms with E-state index in [2.05, 4.69) is 5.32 Å². The number of hydrogen-bond donors (Lipinski definition) is 2. The van der Waals surface area contributed by atoms with Crippen molar-refractivity contribution in [1.82, 2.24) is 5.32 Å². The number of carbonyl (C=O) groups excluding carboxylic acids is 1. The van der Waals surface area contributed by atoms with Gasteiger partial charge in [-0.2, -0.15) is 0 Å². The minimum absolute atomic E-state index is 0.0626. The molecule has 6 heteroatoms. The molecule has 0 fully saturated rings. The molecule has 2 atom stereocenters. The number of aliphatic hydroxyl groups is 1. The lowest BCUT2D eigenvalue weighted by Crippen LogP contribution is -2.38. The van der Waals surface area contributed by atoms with Crippen LogP contribution >= 0.6 is 0 Å². The molecular formula is C17H21NO4S. The van der Waals surface area contributed by atoms with Crippen molar-refractivity contribution in [3.05, 3.63) is 53.0 Å². The summed E-state index contributed by atoms with van der Waals surface area (Å²) in [6.07, 6.45) is 1.58. The first-order chi connectivity index (χ1) is 10.7. The fraction of sp³-hybridized carbons (Fsp3) is 0.353. The molecule has 0 spiro atoms. The normalized spacial score (nSPS) is 15.0. The highest BCUT2D eigenvalue weighted by Crippen LogP contribution is 2.26. The number of carbonyl (C=O) groups is 1.